The molecule has 5 aromatic rings. The van der Waals surface area contributed by atoms with Gasteiger partial charge >= 0.3 is 0 Å². The van der Waals surface area contributed by atoms with E-state index in [1.54, 1.807) is 42.9 Å². The molecule has 3 heterocycles. The Morgan fingerprint density at radius 1 is 0.867 bits per heavy atom. The molecule has 30 heavy (non-hydrogen) atoms. The van der Waals surface area contributed by atoms with Gasteiger partial charge in [-0.3, -0.25) is 4.98 Å². The molecular weight excluding hydrogens is 394 g/mol. The summed E-state index contributed by atoms with van der Waals surface area (Å²) in [6.07, 6.45) is 5.06. The Bertz CT molecular complexity index is 1520. The van der Waals surface area contributed by atoms with Crippen molar-refractivity contribution >= 4 is 32.0 Å². The molecule has 0 aliphatic carbocycles. The molecule has 0 atom stereocenters. The molecule has 0 bridgehead atoms. The van der Waals surface area contributed by atoms with Gasteiger partial charge < -0.3 is 0 Å². The summed E-state index contributed by atoms with van der Waals surface area (Å²) in [6, 6.07) is 18.6. The lowest BCUT2D eigenvalue weighted by atomic mass is 10.0. The van der Waals surface area contributed by atoms with E-state index in [4.69, 9.17) is 0 Å². The van der Waals surface area contributed by atoms with E-state index >= 15 is 0 Å². The monoisotopic (exact) mass is 413 g/mol. The van der Waals surface area contributed by atoms with Gasteiger partial charge in [-0.2, -0.15) is 0 Å². The minimum atomic E-state index is -3.78. The van der Waals surface area contributed by atoms with Crippen molar-refractivity contribution in [3.63, 3.8) is 0 Å². The van der Waals surface area contributed by atoms with Gasteiger partial charge in [-0.15, -0.1) is 0 Å². The largest absolute Gasteiger partial charge is 0.269 e. The van der Waals surface area contributed by atoms with Crippen LogP contribution in [-0.4, -0.2) is 22.4 Å². The number of hydrogen-bond acceptors (Lipinski definition) is 4. The summed E-state index contributed by atoms with van der Waals surface area (Å²) in [7, 11) is -3.78. The first-order valence-corrected chi connectivity index (χ1v) is 11.0. The van der Waals surface area contributed by atoms with Crippen LogP contribution < -0.4 is 0 Å². The highest BCUT2D eigenvalue weighted by atomic mass is 32.2. The zero-order valence-corrected chi connectivity index (χ0v) is 17.4. The van der Waals surface area contributed by atoms with E-state index in [1.165, 1.54) is 3.97 Å². The number of nitrogens with zero attached hydrogens (tertiary/aromatic N) is 3. The summed E-state index contributed by atoms with van der Waals surface area (Å²) in [6.45, 7) is 3.94. The molecule has 0 radical (unpaired) electrons. The van der Waals surface area contributed by atoms with E-state index < -0.39 is 10.0 Å². The number of pyridine rings is 2. The maximum atomic E-state index is 13.4. The Morgan fingerprint density at radius 2 is 1.60 bits per heavy atom. The van der Waals surface area contributed by atoms with Gasteiger partial charge in [0.1, 0.15) is 0 Å². The quantitative estimate of drug-likeness (QED) is 0.412. The Balaban J connectivity index is 1.77. The van der Waals surface area contributed by atoms with Crippen LogP contribution in [0.2, 0.25) is 0 Å². The first kappa shape index (κ1) is 18.5. The Labute approximate surface area is 174 Å². The van der Waals surface area contributed by atoms with Crippen LogP contribution >= 0.6 is 0 Å². The van der Waals surface area contributed by atoms with Crippen molar-refractivity contribution in [2.45, 2.75) is 18.7 Å². The molecule has 0 N–H and O–H groups in total. The molecule has 5 rings (SSSR count). The van der Waals surface area contributed by atoms with Crippen LogP contribution in [0.1, 0.15) is 11.1 Å². The molecule has 6 heteroatoms. The molecule has 0 amide bonds. The standard InChI is InChI=1S/C24H19N3O2S/c1-16-7-9-20(10-8-16)30(28,29)27-15-22(21-6-4-12-26-24(21)27)19-13-17(2)23-18(14-19)5-3-11-25-23/h3-15H,1-2H3. The lowest BCUT2D eigenvalue weighted by Gasteiger charge is -2.07. The van der Waals surface area contributed by atoms with Crippen LogP contribution in [0.5, 0.6) is 0 Å². The average Bonchev–Trinajstić information content (AvgIpc) is 3.15. The molecular formula is C24H19N3O2S. The third-order valence-corrected chi connectivity index (χ3v) is 6.98. The van der Waals surface area contributed by atoms with Gasteiger partial charge in [-0.25, -0.2) is 17.4 Å². The molecule has 0 spiro atoms. The Hall–Kier alpha value is -3.51. The Kier molecular flexibility index (Phi) is 4.18. The summed E-state index contributed by atoms with van der Waals surface area (Å²) < 4.78 is 28.1. The highest BCUT2D eigenvalue weighted by molar-refractivity contribution is 7.90. The second-order valence-corrected chi connectivity index (χ2v) is 9.21. The smallest absolute Gasteiger partial charge is 0.256 e. The third-order valence-electron chi connectivity index (χ3n) is 5.32. The van der Waals surface area contributed by atoms with E-state index in [0.29, 0.717) is 5.65 Å². The molecule has 0 aliphatic heterocycles. The van der Waals surface area contributed by atoms with Crippen LogP contribution in [0, 0.1) is 13.8 Å². The molecule has 5 nitrogen and oxygen atoms in total. The average molecular weight is 414 g/mol. The van der Waals surface area contributed by atoms with Crippen LogP contribution in [0.3, 0.4) is 0 Å². The Morgan fingerprint density at radius 3 is 2.40 bits per heavy atom. The summed E-state index contributed by atoms with van der Waals surface area (Å²) in [4.78, 5) is 9.09. The zero-order chi connectivity index (χ0) is 20.9. The number of benzene rings is 2. The fourth-order valence-corrected chi connectivity index (χ4v) is 5.12. The van der Waals surface area contributed by atoms with Gasteiger partial charge in [0.25, 0.3) is 10.0 Å². The van der Waals surface area contributed by atoms with Gasteiger partial charge in [0.05, 0.1) is 10.4 Å². The summed E-state index contributed by atoms with van der Waals surface area (Å²) in [5.41, 5.74) is 5.15. The maximum absolute atomic E-state index is 13.4. The van der Waals surface area contributed by atoms with Crippen molar-refractivity contribution in [2.24, 2.45) is 0 Å². The lowest BCUT2D eigenvalue weighted by molar-refractivity contribution is 0.589. The van der Waals surface area contributed by atoms with Gasteiger partial charge in [0, 0.05) is 34.9 Å². The van der Waals surface area contributed by atoms with Crippen molar-refractivity contribution in [3.05, 3.63) is 90.4 Å². The van der Waals surface area contributed by atoms with Gasteiger partial charge in [-0.1, -0.05) is 23.8 Å². The topological polar surface area (TPSA) is 64.8 Å². The first-order valence-electron chi connectivity index (χ1n) is 9.59. The second kappa shape index (κ2) is 6.78. The maximum Gasteiger partial charge on any atom is 0.269 e. The van der Waals surface area contributed by atoms with E-state index in [2.05, 4.69) is 9.97 Å². The number of rotatable bonds is 3. The summed E-state index contributed by atoms with van der Waals surface area (Å²) >= 11 is 0. The fourth-order valence-electron chi connectivity index (χ4n) is 3.80. The van der Waals surface area contributed by atoms with Crippen LogP contribution in [0.4, 0.5) is 0 Å². The summed E-state index contributed by atoms with van der Waals surface area (Å²) in [5.74, 6) is 0. The molecule has 2 aromatic carbocycles. The highest BCUT2D eigenvalue weighted by Gasteiger charge is 2.22. The highest BCUT2D eigenvalue weighted by Crippen LogP contribution is 2.34. The molecule has 3 aromatic heterocycles. The van der Waals surface area contributed by atoms with Crippen molar-refractivity contribution in [1.29, 1.82) is 0 Å². The SMILES string of the molecule is Cc1ccc(S(=O)(=O)n2cc(-c3cc(C)c4ncccc4c3)c3cccnc32)cc1. The molecule has 0 unspecified atom stereocenters. The van der Waals surface area contributed by atoms with E-state index in [0.717, 1.165) is 38.5 Å². The van der Waals surface area contributed by atoms with Gasteiger partial charge in [0.2, 0.25) is 0 Å². The second-order valence-electron chi connectivity index (χ2n) is 7.40. The van der Waals surface area contributed by atoms with Crippen molar-refractivity contribution in [2.75, 3.05) is 0 Å². The lowest BCUT2D eigenvalue weighted by Crippen LogP contribution is -2.12. The minimum Gasteiger partial charge on any atom is -0.256 e. The predicted octanol–water partition coefficient (Wildman–Crippen LogP) is 5.11. The number of aryl methyl sites for hydroxylation is 2. The van der Waals surface area contributed by atoms with Gasteiger partial charge in [0.15, 0.2) is 5.65 Å². The normalized spacial score (nSPS) is 11.9. The summed E-state index contributed by atoms with van der Waals surface area (Å²) in [5, 5.41) is 1.80. The van der Waals surface area contributed by atoms with E-state index in [9.17, 15) is 8.42 Å². The third kappa shape index (κ3) is 2.88. The van der Waals surface area contributed by atoms with Crippen molar-refractivity contribution in [1.82, 2.24) is 13.9 Å². The number of hydrogen-bond donors (Lipinski definition) is 0. The minimum absolute atomic E-state index is 0.237. The molecule has 0 saturated heterocycles. The van der Waals surface area contributed by atoms with Crippen LogP contribution in [-0.2, 0) is 10.0 Å². The molecule has 0 fully saturated rings. The van der Waals surface area contributed by atoms with Crippen molar-refractivity contribution < 1.29 is 8.42 Å². The number of aromatic nitrogens is 3. The fraction of sp³-hybridized carbons (Fsp3) is 0.0833. The molecule has 0 saturated carbocycles. The van der Waals surface area contributed by atoms with E-state index in [-0.39, 0.29) is 4.90 Å². The zero-order valence-electron chi connectivity index (χ0n) is 16.6. The van der Waals surface area contributed by atoms with Crippen LogP contribution in [0.25, 0.3) is 33.1 Å². The molecule has 0 aliphatic rings. The van der Waals surface area contributed by atoms with Crippen LogP contribution in [0.15, 0.2) is 84.1 Å². The molecule has 148 valence electrons. The van der Waals surface area contributed by atoms with E-state index in [1.807, 2.05) is 50.2 Å². The van der Waals surface area contributed by atoms with Crippen molar-refractivity contribution in [3.8, 4) is 11.1 Å². The first-order chi connectivity index (χ1) is 14.4. The predicted molar refractivity (Wildman–Crippen MR) is 119 cm³/mol. The van der Waals surface area contributed by atoms with Gasteiger partial charge in [-0.05, 0) is 67.4 Å². The number of fused-ring (bicyclic) bond motifs is 2.